The highest BCUT2D eigenvalue weighted by molar-refractivity contribution is 7.99. The number of halogens is 2. The Bertz CT molecular complexity index is 989. The molecule has 0 atom stereocenters. The lowest BCUT2D eigenvalue weighted by Gasteiger charge is -2.15. The maximum atomic E-state index is 12.4. The molecule has 6 nitrogen and oxygen atoms in total. The van der Waals surface area contributed by atoms with Crippen LogP contribution in [0, 0.1) is 0 Å². The minimum absolute atomic E-state index is 0.120. The number of carbonyl (C=O) groups excluding carboxylic acids is 1. The first-order chi connectivity index (χ1) is 13.6. The average molecular weight is 434 g/mol. The molecule has 2 aromatic heterocycles. The monoisotopic (exact) mass is 433 g/mol. The van der Waals surface area contributed by atoms with Crippen LogP contribution in [-0.4, -0.2) is 49.4 Å². The molecule has 0 unspecified atom stereocenters. The van der Waals surface area contributed by atoms with E-state index in [4.69, 9.17) is 23.2 Å². The summed E-state index contributed by atoms with van der Waals surface area (Å²) in [6.45, 7) is 1.67. The van der Waals surface area contributed by atoms with Gasteiger partial charge in [0, 0.05) is 31.0 Å². The van der Waals surface area contributed by atoms with E-state index in [0.29, 0.717) is 26.8 Å². The van der Waals surface area contributed by atoms with Crippen LogP contribution in [0.1, 0.15) is 12.8 Å². The van der Waals surface area contributed by atoms with Gasteiger partial charge in [-0.05, 0) is 43.2 Å². The fraction of sp³-hybridized carbons (Fsp3) is 0.263. The van der Waals surface area contributed by atoms with E-state index in [2.05, 4.69) is 15.2 Å². The number of carbonyl (C=O) groups is 1. The fourth-order valence-electron chi connectivity index (χ4n) is 3.09. The molecule has 1 aromatic carbocycles. The van der Waals surface area contributed by atoms with Gasteiger partial charge in [-0.2, -0.15) is 0 Å². The number of likely N-dealkylation sites (tertiary alicyclic amines) is 1. The number of nitrogens with zero attached hydrogens (tertiary/aromatic N) is 5. The second-order valence-electron chi connectivity index (χ2n) is 6.36. The minimum Gasteiger partial charge on any atom is -0.342 e. The lowest BCUT2D eigenvalue weighted by atomic mass is 10.2. The van der Waals surface area contributed by atoms with Gasteiger partial charge in [0.1, 0.15) is 0 Å². The molecule has 1 amide bonds. The molecule has 0 bridgehead atoms. The number of pyridine rings is 1. The molecule has 0 saturated carbocycles. The molecule has 0 aliphatic carbocycles. The molecule has 0 N–H and O–H groups in total. The van der Waals surface area contributed by atoms with E-state index in [1.807, 2.05) is 27.7 Å². The van der Waals surface area contributed by atoms with Gasteiger partial charge >= 0.3 is 0 Å². The first kappa shape index (κ1) is 19.2. The van der Waals surface area contributed by atoms with Gasteiger partial charge in [-0.25, -0.2) is 0 Å². The summed E-state index contributed by atoms with van der Waals surface area (Å²) in [6, 6.07) is 9.10. The molecule has 144 valence electrons. The molecule has 1 aliphatic rings. The maximum absolute atomic E-state index is 12.4. The van der Waals surface area contributed by atoms with E-state index in [1.54, 1.807) is 24.5 Å². The van der Waals surface area contributed by atoms with Crippen molar-refractivity contribution in [2.45, 2.75) is 18.0 Å². The molecule has 28 heavy (non-hydrogen) atoms. The molecule has 0 radical (unpaired) electrons. The van der Waals surface area contributed by atoms with Gasteiger partial charge in [-0.3, -0.25) is 14.3 Å². The quantitative estimate of drug-likeness (QED) is 0.559. The van der Waals surface area contributed by atoms with Crippen molar-refractivity contribution >= 4 is 40.9 Å². The summed E-state index contributed by atoms with van der Waals surface area (Å²) in [5.41, 5.74) is 1.59. The number of benzene rings is 1. The first-order valence-corrected chi connectivity index (χ1v) is 10.6. The number of hydrogen-bond acceptors (Lipinski definition) is 5. The molecule has 1 saturated heterocycles. The zero-order chi connectivity index (χ0) is 19.5. The molecule has 1 aliphatic heterocycles. The van der Waals surface area contributed by atoms with Gasteiger partial charge in [0.2, 0.25) is 5.91 Å². The summed E-state index contributed by atoms with van der Waals surface area (Å²) in [5.74, 6) is 1.06. The van der Waals surface area contributed by atoms with Gasteiger partial charge in [0.25, 0.3) is 0 Å². The van der Waals surface area contributed by atoms with Crippen LogP contribution in [0.3, 0.4) is 0 Å². The standard InChI is InChI=1S/C19H17Cl2N5OS/c20-15-6-5-14(10-16(15)21)26-18(13-4-3-7-22-11-13)23-24-19(26)28-12-17(27)25-8-1-2-9-25/h3-7,10-11H,1-2,8-9,12H2. The predicted molar refractivity (Wildman–Crippen MR) is 111 cm³/mol. The Kier molecular flexibility index (Phi) is 5.85. The topological polar surface area (TPSA) is 63.9 Å². The van der Waals surface area contributed by atoms with E-state index in [9.17, 15) is 4.79 Å². The Hall–Kier alpha value is -2.09. The normalized spacial score (nSPS) is 13.9. The van der Waals surface area contributed by atoms with Gasteiger partial charge in [0.15, 0.2) is 11.0 Å². The highest BCUT2D eigenvalue weighted by Crippen LogP contribution is 2.31. The third kappa shape index (κ3) is 4.01. The molecule has 3 aromatic rings. The van der Waals surface area contributed by atoms with E-state index in [0.717, 1.165) is 37.2 Å². The van der Waals surface area contributed by atoms with Gasteiger partial charge in [-0.15, -0.1) is 10.2 Å². The van der Waals surface area contributed by atoms with Crippen molar-refractivity contribution in [1.82, 2.24) is 24.6 Å². The smallest absolute Gasteiger partial charge is 0.233 e. The minimum atomic E-state index is 0.120. The van der Waals surface area contributed by atoms with E-state index < -0.39 is 0 Å². The molecule has 1 fully saturated rings. The molecular formula is C19H17Cl2N5OS. The van der Waals surface area contributed by atoms with E-state index >= 15 is 0 Å². The van der Waals surface area contributed by atoms with Crippen molar-refractivity contribution < 1.29 is 4.79 Å². The van der Waals surface area contributed by atoms with Crippen LogP contribution in [0.25, 0.3) is 17.1 Å². The van der Waals surface area contributed by atoms with Gasteiger partial charge < -0.3 is 4.90 Å². The molecule has 9 heteroatoms. The highest BCUT2D eigenvalue weighted by Gasteiger charge is 2.21. The third-order valence-electron chi connectivity index (χ3n) is 4.50. The van der Waals surface area contributed by atoms with Crippen LogP contribution in [0.2, 0.25) is 10.0 Å². The average Bonchev–Trinajstić information content (AvgIpc) is 3.39. The Balaban J connectivity index is 1.68. The van der Waals surface area contributed by atoms with Crippen LogP contribution < -0.4 is 0 Å². The summed E-state index contributed by atoms with van der Waals surface area (Å²) in [5, 5.41) is 10.2. The van der Waals surface area contributed by atoms with Crippen molar-refractivity contribution in [2.24, 2.45) is 0 Å². The summed E-state index contributed by atoms with van der Waals surface area (Å²) in [6.07, 6.45) is 5.57. The largest absolute Gasteiger partial charge is 0.342 e. The summed E-state index contributed by atoms with van der Waals surface area (Å²) >= 11 is 13.7. The molecular weight excluding hydrogens is 417 g/mol. The summed E-state index contributed by atoms with van der Waals surface area (Å²) < 4.78 is 1.88. The van der Waals surface area contributed by atoms with Crippen LogP contribution in [0.15, 0.2) is 47.9 Å². The Labute approximate surface area is 176 Å². The lowest BCUT2D eigenvalue weighted by Crippen LogP contribution is -2.29. The number of thioether (sulfide) groups is 1. The third-order valence-corrected chi connectivity index (χ3v) is 6.15. The SMILES string of the molecule is O=C(CSc1nnc(-c2cccnc2)n1-c1ccc(Cl)c(Cl)c1)N1CCCC1. The Morgan fingerprint density at radius 2 is 1.93 bits per heavy atom. The molecule has 4 rings (SSSR count). The van der Waals surface area contributed by atoms with Crippen molar-refractivity contribution in [3.8, 4) is 17.1 Å². The number of hydrogen-bond donors (Lipinski definition) is 0. The molecule has 0 spiro atoms. The second kappa shape index (κ2) is 8.51. The Morgan fingerprint density at radius 1 is 1.11 bits per heavy atom. The molecule has 3 heterocycles. The van der Waals surface area contributed by atoms with Crippen molar-refractivity contribution in [3.63, 3.8) is 0 Å². The first-order valence-electron chi connectivity index (χ1n) is 8.85. The van der Waals surface area contributed by atoms with Crippen molar-refractivity contribution in [2.75, 3.05) is 18.8 Å². The summed E-state index contributed by atoms with van der Waals surface area (Å²) in [7, 11) is 0. The zero-order valence-corrected chi connectivity index (χ0v) is 17.2. The fourth-order valence-corrected chi connectivity index (χ4v) is 4.23. The van der Waals surface area contributed by atoms with Gasteiger partial charge in [0.05, 0.1) is 21.5 Å². The van der Waals surface area contributed by atoms with E-state index in [-0.39, 0.29) is 5.91 Å². The van der Waals surface area contributed by atoms with Crippen molar-refractivity contribution in [3.05, 3.63) is 52.8 Å². The van der Waals surface area contributed by atoms with Gasteiger partial charge in [-0.1, -0.05) is 35.0 Å². The number of rotatable bonds is 5. The lowest BCUT2D eigenvalue weighted by molar-refractivity contribution is -0.127. The number of amides is 1. The van der Waals surface area contributed by atoms with Crippen LogP contribution in [0.5, 0.6) is 0 Å². The second-order valence-corrected chi connectivity index (χ2v) is 8.12. The maximum Gasteiger partial charge on any atom is 0.233 e. The predicted octanol–water partition coefficient (Wildman–Crippen LogP) is 4.35. The number of aromatic nitrogens is 4. The van der Waals surface area contributed by atoms with Crippen LogP contribution >= 0.6 is 35.0 Å². The zero-order valence-electron chi connectivity index (χ0n) is 14.9. The van der Waals surface area contributed by atoms with E-state index in [1.165, 1.54) is 11.8 Å². The Morgan fingerprint density at radius 3 is 2.64 bits per heavy atom. The highest BCUT2D eigenvalue weighted by atomic mass is 35.5. The van der Waals surface area contributed by atoms with Crippen LogP contribution in [0.4, 0.5) is 0 Å². The summed E-state index contributed by atoms with van der Waals surface area (Å²) in [4.78, 5) is 18.5. The van der Waals surface area contributed by atoms with Crippen molar-refractivity contribution in [1.29, 1.82) is 0 Å². The van der Waals surface area contributed by atoms with Crippen LogP contribution in [-0.2, 0) is 4.79 Å².